The fourth-order valence-corrected chi connectivity index (χ4v) is 1.88. The molecule has 0 fully saturated rings. The third kappa shape index (κ3) is 3.24. The molecule has 1 N–H and O–H groups in total. The maximum atomic E-state index is 9.65. The van der Waals surface area contributed by atoms with Crippen molar-refractivity contribution < 1.29 is 9.84 Å². The van der Waals surface area contributed by atoms with Crippen molar-refractivity contribution in [3.8, 4) is 5.75 Å². The minimum absolute atomic E-state index is 0.290. The highest BCUT2D eigenvalue weighted by atomic mass is 32.2. The van der Waals surface area contributed by atoms with Crippen LogP contribution in [-0.4, -0.2) is 30.3 Å². The number of hydrogen-bond donors (Lipinski definition) is 1. The maximum absolute atomic E-state index is 9.65. The van der Waals surface area contributed by atoms with Crippen LogP contribution in [0.3, 0.4) is 0 Å². The highest BCUT2D eigenvalue weighted by molar-refractivity contribution is 7.98. The Kier molecular flexibility index (Phi) is 4.84. The number of rotatable bonds is 5. The summed E-state index contributed by atoms with van der Waals surface area (Å²) in [7, 11) is 1.65. The fourth-order valence-electron chi connectivity index (χ4n) is 1.38. The van der Waals surface area contributed by atoms with Gasteiger partial charge in [-0.1, -0.05) is 18.2 Å². The first kappa shape index (κ1) is 11.4. The minimum atomic E-state index is -0.290. The van der Waals surface area contributed by atoms with Gasteiger partial charge >= 0.3 is 0 Å². The molecule has 3 heteroatoms. The molecule has 14 heavy (non-hydrogen) atoms. The van der Waals surface area contributed by atoms with E-state index in [1.54, 1.807) is 18.9 Å². The van der Waals surface area contributed by atoms with Gasteiger partial charge in [0.25, 0.3) is 0 Å². The lowest BCUT2D eigenvalue weighted by molar-refractivity contribution is 0.199. The predicted octanol–water partition coefficient (Wildman–Crippen LogP) is 1.96. The van der Waals surface area contributed by atoms with Gasteiger partial charge in [-0.25, -0.2) is 0 Å². The molecule has 0 aliphatic heterocycles. The quantitative estimate of drug-likeness (QED) is 0.809. The Morgan fingerprint density at radius 1 is 1.43 bits per heavy atom. The second-order valence-electron chi connectivity index (χ2n) is 3.13. The molecule has 0 amide bonds. The largest absolute Gasteiger partial charge is 0.496 e. The number of aliphatic hydroxyl groups is 1. The lowest BCUT2D eigenvalue weighted by Crippen LogP contribution is -2.13. The highest BCUT2D eigenvalue weighted by Gasteiger charge is 2.08. The molecular formula is C11H16O2S. The summed E-state index contributed by atoms with van der Waals surface area (Å²) in [6.45, 7) is 0. The van der Waals surface area contributed by atoms with Crippen molar-refractivity contribution in [2.24, 2.45) is 0 Å². The summed E-state index contributed by atoms with van der Waals surface area (Å²) >= 11 is 1.65. The third-order valence-electron chi connectivity index (χ3n) is 2.01. The molecule has 2 nitrogen and oxygen atoms in total. The van der Waals surface area contributed by atoms with Crippen LogP contribution in [0.1, 0.15) is 5.56 Å². The topological polar surface area (TPSA) is 29.5 Å². The Morgan fingerprint density at radius 2 is 2.14 bits per heavy atom. The first-order valence-electron chi connectivity index (χ1n) is 4.56. The van der Waals surface area contributed by atoms with Crippen LogP contribution >= 0.6 is 11.8 Å². The van der Waals surface area contributed by atoms with Gasteiger partial charge in [0.2, 0.25) is 0 Å². The molecule has 1 aromatic rings. The average molecular weight is 212 g/mol. The van der Waals surface area contributed by atoms with Crippen molar-refractivity contribution in [3.63, 3.8) is 0 Å². The van der Waals surface area contributed by atoms with Gasteiger partial charge in [-0.2, -0.15) is 11.8 Å². The molecule has 0 saturated heterocycles. The number of aliphatic hydroxyl groups excluding tert-OH is 1. The van der Waals surface area contributed by atoms with Gasteiger partial charge in [0.15, 0.2) is 0 Å². The summed E-state index contributed by atoms with van der Waals surface area (Å²) < 4.78 is 5.21. The standard InChI is InChI=1S/C11H16O2S/c1-13-11-6-4-3-5-9(11)7-10(12)8-14-2/h3-6,10,12H,7-8H2,1-2H3. The maximum Gasteiger partial charge on any atom is 0.122 e. The second-order valence-corrected chi connectivity index (χ2v) is 4.04. The molecule has 0 heterocycles. The zero-order valence-corrected chi connectivity index (χ0v) is 9.38. The van der Waals surface area contributed by atoms with E-state index in [0.717, 1.165) is 17.1 Å². The van der Waals surface area contributed by atoms with E-state index >= 15 is 0 Å². The van der Waals surface area contributed by atoms with Crippen LogP contribution in [0.25, 0.3) is 0 Å². The second kappa shape index (κ2) is 5.94. The molecule has 1 unspecified atom stereocenters. The van der Waals surface area contributed by atoms with Crippen molar-refractivity contribution in [1.82, 2.24) is 0 Å². The summed E-state index contributed by atoms with van der Waals surface area (Å²) in [6.07, 6.45) is 2.36. The molecule has 0 aromatic heterocycles. The zero-order valence-electron chi connectivity index (χ0n) is 8.56. The van der Waals surface area contributed by atoms with Crippen LogP contribution in [0.15, 0.2) is 24.3 Å². The van der Waals surface area contributed by atoms with Crippen LogP contribution in [-0.2, 0) is 6.42 Å². The third-order valence-corrected chi connectivity index (χ3v) is 2.73. The summed E-state index contributed by atoms with van der Waals surface area (Å²) in [5.74, 6) is 1.62. The minimum Gasteiger partial charge on any atom is -0.496 e. The van der Waals surface area contributed by atoms with Gasteiger partial charge in [0.05, 0.1) is 13.2 Å². The van der Waals surface area contributed by atoms with Gasteiger partial charge in [-0.05, 0) is 17.9 Å². The fraction of sp³-hybridized carbons (Fsp3) is 0.455. The Labute approximate surface area is 89.3 Å². The molecule has 0 bridgehead atoms. The molecule has 0 aliphatic carbocycles. The van der Waals surface area contributed by atoms with Crippen molar-refractivity contribution in [2.45, 2.75) is 12.5 Å². The highest BCUT2D eigenvalue weighted by Crippen LogP contribution is 2.19. The molecule has 0 spiro atoms. The van der Waals surface area contributed by atoms with E-state index in [9.17, 15) is 5.11 Å². The first-order valence-corrected chi connectivity index (χ1v) is 5.96. The van der Waals surface area contributed by atoms with Crippen molar-refractivity contribution in [3.05, 3.63) is 29.8 Å². The number of methoxy groups -OCH3 is 1. The number of ether oxygens (including phenoxy) is 1. The summed E-state index contributed by atoms with van der Waals surface area (Å²) in [6, 6.07) is 7.80. The summed E-state index contributed by atoms with van der Waals surface area (Å²) in [4.78, 5) is 0. The van der Waals surface area contributed by atoms with E-state index in [2.05, 4.69) is 0 Å². The van der Waals surface area contributed by atoms with Gasteiger partial charge < -0.3 is 9.84 Å². The molecule has 0 radical (unpaired) electrons. The Balaban J connectivity index is 2.65. The van der Waals surface area contributed by atoms with E-state index in [4.69, 9.17) is 4.74 Å². The Hall–Kier alpha value is -0.670. The predicted molar refractivity (Wildman–Crippen MR) is 61.1 cm³/mol. The smallest absolute Gasteiger partial charge is 0.122 e. The van der Waals surface area contributed by atoms with E-state index in [0.29, 0.717) is 6.42 Å². The summed E-state index contributed by atoms with van der Waals surface area (Å²) in [5, 5.41) is 9.65. The number of para-hydroxylation sites is 1. The van der Waals surface area contributed by atoms with Gasteiger partial charge in [0, 0.05) is 12.2 Å². The van der Waals surface area contributed by atoms with Gasteiger partial charge in [0.1, 0.15) is 5.75 Å². The average Bonchev–Trinajstić information content (AvgIpc) is 2.19. The van der Waals surface area contributed by atoms with Crippen molar-refractivity contribution in [1.29, 1.82) is 0 Å². The summed E-state index contributed by atoms with van der Waals surface area (Å²) in [5.41, 5.74) is 1.07. The molecule has 0 aliphatic rings. The lowest BCUT2D eigenvalue weighted by atomic mass is 10.1. The van der Waals surface area contributed by atoms with Crippen LogP contribution < -0.4 is 4.74 Å². The zero-order chi connectivity index (χ0) is 10.4. The van der Waals surface area contributed by atoms with Crippen LogP contribution in [0.2, 0.25) is 0 Å². The first-order chi connectivity index (χ1) is 6.77. The van der Waals surface area contributed by atoms with E-state index in [-0.39, 0.29) is 6.10 Å². The molecule has 0 saturated carbocycles. The van der Waals surface area contributed by atoms with Gasteiger partial charge in [-0.3, -0.25) is 0 Å². The van der Waals surface area contributed by atoms with E-state index < -0.39 is 0 Å². The normalized spacial score (nSPS) is 12.5. The van der Waals surface area contributed by atoms with Crippen molar-refractivity contribution >= 4 is 11.8 Å². The number of benzene rings is 1. The Bertz CT molecular complexity index is 276. The number of hydrogen-bond acceptors (Lipinski definition) is 3. The van der Waals surface area contributed by atoms with Crippen LogP contribution in [0.5, 0.6) is 5.75 Å². The molecule has 1 rings (SSSR count). The van der Waals surface area contributed by atoms with Crippen molar-refractivity contribution in [2.75, 3.05) is 19.1 Å². The van der Waals surface area contributed by atoms with E-state index in [1.165, 1.54) is 0 Å². The SMILES string of the molecule is COc1ccccc1CC(O)CSC. The Morgan fingerprint density at radius 3 is 2.79 bits per heavy atom. The van der Waals surface area contributed by atoms with Crippen LogP contribution in [0.4, 0.5) is 0 Å². The lowest BCUT2D eigenvalue weighted by Gasteiger charge is -2.11. The molecule has 78 valence electrons. The molecule has 1 aromatic carbocycles. The van der Waals surface area contributed by atoms with Gasteiger partial charge in [-0.15, -0.1) is 0 Å². The van der Waals surface area contributed by atoms with E-state index in [1.807, 2.05) is 30.5 Å². The van der Waals surface area contributed by atoms with Crippen LogP contribution in [0, 0.1) is 0 Å². The number of thioether (sulfide) groups is 1. The molecular weight excluding hydrogens is 196 g/mol. The monoisotopic (exact) mass is 212 g/mol. The molecule has 1 atom stereocenters.